The van der Waals surface area contributed by atoms with E-state index in [1.54, 1.807) is 27.9 Å². The Morgan fingerprint density at radius 3 is 2.00 bits per heavy atom. The van der Waals surface area contributed by atoms with Gasteiger partial charge in [-0.15, -0.1) is 0 Å². The highest BCUT2D eigenvalue weighted by atomic mass is 16.5. The van der Waals surface area contributed by atoms with Gasteiger partial charge in [0.2, 0.25) is 0 Å². The van der Waals surface area contributed by atoms with Gasteiger partial charge in [0.05, 0.1) is 6.04 Å². The fourth-order valence-corrected chi connectivity index (χ4v) is 0.857. The summed E-state index contributed by atoms with van der Waals surface area (Å²) in [7, 11) is 3.19. The van der Waals surface area contributed by atoms with Gasteiger partial charge in [0.1, 0.15) is 0 Å². The lowest BCUT2D eigenvalue weighted by molar-refractivity contribution is -0.0748. The van der Waals surface area contributed by atoms with Crippen LogP contribution in [0.4, 0.5) is 4.79 Å². The van der Waals surface area contributed by atoms with E-state index in [-0.39, 0.29) is 11.9 Å². The number of hydrogen-bond donors (Lipinski definition) is 3. The fourth-order valence-electron chi connectivity index (χ4n) is 0.857. The smallest absolute Gasteiger partial charge is 0.317 e. The monoisotopic (exact) mass is 190 g/mol. The van der Waals surface area contributed by atoms with Crippen molar-refractivity contribution < 1.29 is 15.0 Å². The predicted molar refractivity (Wildman–Crippen MR) is 49.1 cm³/mol. The summed E-state index contributed by atoms with van der Waals surface area (Å²) in [5.74, 6) is -0.0242. The zero-order chi connectivity index (χ0) is 10.6. The average Bonchev–Trinajstić information content (AvgIpc) is 1.97. The zero-order valence-corrected chi connectivity index (χ0v) is 8.48. The molecule has 0 rings (SSSR count). The molecule has 78 valence electrons. The Balaban J connectivity index is 4.19. The molecule has 0 aromatic rings. The molecule has 0 unspecified atom stereocenters. The topological polar surface area (TPSA) is 72.8 Å². The van der Waals surface area contributed by atoms with Crippen LogP contribution in [0.15, 0.2) is 0 Å². The molecule has 0 aliphatic heterocycles. The van der Waals surface area contributed by atoms with E-state index in [2.05, 4.69) is 5.32 Å². The number of amides is 2. The third-order valence-corrected chi connectivity index (χ3v) is 1.74. The molecule has 0 aromatic heterocycles. The third-order valence-electron chi connectivity index (χ3n) is 1.74. The first kappa shape index (κ1) is 12.2. The predicted octanol–water partition coefficient (Wildman–Crippen LogP) is -0.407. The summed E-state index contributed by atoms with van der Waals surface area (Å²) in [4.78, 5) is 12.5. The number of aliphatic hydroxyl groups excluding tert-OH is 1. The van der Waals surface area contributed by atoms with Crippen molar-refractivity contribution in [1.29, 1.82) is 0 Å². The summed E-state index contributed by atoms with van der Waals surface area (Å²) in [6, 6.07) is -0.957. The molecule has 5 nitrogen and oxygen atoms in total. The molecule has 0 saturated carbocycles. The van der Waals surface area contributed by atoms with Crippen molar-refractivity contribution in [2.24, 2.45) is 5.92 Å². The standard InChI is InChI=1S/C8H18N2O3/c1-5(2)6(7(11)12)9-8(13)10(3)4/h5-7,11-12H,1-4H3,(H,9,13)/t6-/m0/s1. The van der Waals surface area contributed by atoms with Crippen molar-refractivity contribution in [2.75, 3.05) is 14.1 Å². The molecule has 0 saturated heterocycles. The highest BCUT2D eigenvalue weighted by Gasteiger charge is 2.22. The SMILES string of the molecule is CC(C)[C@H](NC(=O)N(C)C)C(O)O. The molecule has 13 heavy (non-hydrogen) atoms. The molecule has 2 amide bonds. The number of nitrogens with one attached hydrogen (secondary N) is 1. The van der Waals surface area contributed by atoms with Crippen LogP contribution in [0.2, 0.25) is 0 Å². The van der Waals surface area contributed by atoms with Crippen LogP contribution in [0.1, 0.15) is 13.8 Å². The Bertz CT molecular complexity index is 161. The van der Waals surface area contributed by atoms with E-state index in [0.29, 0.717) is 0 Å². The van der Waals surface area contributed by atoms with Crippen LogP contribution in [-0.4, -0.2) is 47.6 Å². The van der Waals surface area contributed by atoms with Gasteiger partial charge in [0.15, 0.2) is 6.29 Å². The molecule has 0 aliphatic carbocycles. The Kier molecular flexibility index (Phi) is 4.72. The second kappa shape index (κ2) is 5.04. The summed E-state index contributed by atoms with van der Waals surface area (Å²) < 4.78 is 0. The lowest BCUT2D eigenvalue weighted by Gasteiger charge is -2.25. The highest BCUT2D eigenvalue weighted by molar-refractivity contribution is 5.73. The van der Waals surface area contributed by atoms with E-state index < -0.39 is 12.3 Å². The van der Waals surface area contributed by atoms with Gasteiger partial charge < -0.3 is 20.4 Å². The number of urea groups is 1. The molecule has 0 heterocycles. The lowest BCUT2D eigenvalue weighted by Crippen LogP contribution is -2.49. The largest absolute Gasteiger partial charge is 0.366 e. The quantitative estimate of drug-likeness (QED) is 0.530. The maximum Gasteiger partial charge on any atom is 0.317 e. The minimum atomic E-state index is -1.52. The lowest BCUT2D eigenvalue weighted by atomic mass is 10.0. The van der Waals surface area contributed by atoms with Crippen molar-refractivity contribution in [3.8, 4) is 0 Å². The number of carbonyl (C=O) groups is 1. The van der Waals surface area contributed by atoms with Crippen molar-refractivity contribution in [1.82, 2.24) is 10.2 Å². The number of hydrogen-bond acceptors (Lipinski definition) is 3. The maximum atomic E-state index is 11.2. The van der Waals surface area contributed by atoms with Gasteiger partial charge >= 0.3 is 6.03 Å². The summed E-state index contributed by atoms with van der Waals surface area (Å²) >= 11 is 0. The van der Waals surface area contributed by atoms with Gasteiger partial charge in [0.25, 0.3) is 0 Å². The number of aliphatic hydroxyl groups is 2. The van der Waals surface area contributed by atoms with Gasteiger partial charge in [0, 0.05) is 14.1 Å². The van der Waals surface area contributed by atoms with Crippen molar-refractivity contribution in [3.63, 3.8) is 0 Å². The summed E-state index contributed by atoms with van der Waals surface area (Å²) in [6.07, 6.45) is -1.52. The second-order valence-electron chi connectivity index (χ2n) is 3.53. The van der Waals surface area contributed by atoms with Crippen LogP contribution in [0.5, 0.6) is 0 Å². The van der Waals surface area contributed by atoms with Gasteiger partial charge in [-0.05, 0) is 5.92 Å². The van der Waals surface area contributed by atoms with E-state index in [1.807, 2.05) is 0 Å². The molecule has 3 N–H and O–H groups in total. The van der Waals surface area contributed by atoms with Crippen LogP contribution in [0, 0.1) is 5.92 Å². The summed E-state index contributed by atoms with van der Waals surface area (Å²) in [5, 5.41) is 20.4. The molecule has 0 radical (unpaired) electrons. The van der Waals surface area contributed by atoms with Crippen LogP contribution in [0.3, 0.4) is 0 Å². The van der Waals surface area contributed by atoms with Crippen LogP contribution in [-0.2, 0) is 0 Å². The minimum absolute atomic E-state index is 0.0242. The first-order valence-electron chi connectivity index (χ1n) is 4.20. The minimum Gasteiger partial charge on any atom is -0.366 e. The Hall–Kier alpha value is -0.810. The van der Waals surface area contributed by atoms with Gasteiger partial charge in [-0.2, -0.15) is 0 Å². The molecule has 0 aliphatic rings. The van der Waals surface area contributed by atoms with Crippen LogP contribution >= 0.6 is 0 Å². The molecular weight excluding hydrogens is 172 g/mol. The number of rotatable bonds is 3. The third kappa shape index (κ3) is 4.10. The van der Waals surface area contributed by atoms with Crippen molar-refractivity contribution in [2.45, 2.75) is 26.2 Å². The number of nitrogens with zero attached hydrogens (tertiary/aromatic N) is 1. The van der Waals surface area contributed by atoms with E-state index in [9.17, 15) is 4.79 Å². The highest BCUT2D eigenvalue weighted by Crippen LogP contribution is 2.04. The van der Waals surface area contributed by atoms with Crippen molar-refractivity contribution >= 4 is 6.03 Å². The zero-order valence-electron chi connectivity index (χ0n) is 8.48. The van der Waals surface area contributed by atoms with Crippen LogP contribution < -0.4 is 5.32 Å². The Morgan fingerprint density at radius 2 is 1.77 bits per heavy atom. The van der Waals surface area contributed by atoms with E-state index in [0.717, 1.165) is 0 Å². The Labute approximate surface area is 78.4 Å². The van der Waals surface area contributed by atoms with Gasteiger partial charge in [-0.1, -0.05) is 13.8 Å². The van der Waals surface area contributed by atoms with Crippen LogP contribution in [0.25, 0.3) is 0 Å². The molecule has 5 heteroatoms. The summed E-state index contributed by atoms with van der Waals surface area (Å²) in [6.45, 7) is 3.61. The first-order chi connectivity index (χ1) is 5.86. The molecule has 0 aromatic carbocycles. The van der Waals surface area contributed by atoms with Crippen molar-refractivity contribution in [3.05, 3.63) is 0 Å². The average molecular weight is 190 g/mol. The molecular formula is C8H18N2O3. The summed E-state index contributed by atoms with van der Waals surface area (Å²) in [5.41, 5.74) is 0. The number of carbonyl (C=O) groups excluding carboxylic acids is 1. The molecule has 0 bridgehead atoms. The second-order valence-corrected chi connectivity index (χ2v) is 3.53. The molecule has 0 spiro atoms. The van der Waals surface area contributed by atoms with E-state index in [4.69, 9.17) is 10.2 Å². The fraction of sp³-hybridized carbons (Fsp3) is 0.875. The van der Waals surface area contributed by atoms with Gasteiger partial charge in [-0.25, -0.2) is 4.79 Å². The Morgan fingerprint density at radius 1 is 1.31 bits per heavy atom. The maximum absolute atomic E-state index is 11.2. The first-order valence-corrected chi connectivity index (χ1v) is 4.20. The molecule has 1 atom stereocenters. The van der Waals surface area contributed by atoms with Gasteiger partial charge in [-0.3, -0.25) is 0 Å². The van der Waals surface area contributed by atoms with E-state index >= 15 is 0 Å². The normalized spacial score (nSPS) is 13.2. The molecule has 0 fully saturated rings. The van der Waals surface area contributed by atoms with E-state index in [1.165, 1.54) is 4.90 Å².